The molecule has 1 aliphatic heterocycles. The van der Waals surface area contributed by atoms with Crippen LogP contribution in [0, 0.1) is 0 Å². The average Bonchev–Trinajstić information content (AvgIpc) is 2.62. The van der Waals surface area contributed by atoms with Crippen molar-refractivity contribution in [1.29, 1.82) is 0 Å². The Morgan fingerprint density at radius 3 is 2.69 bits per heavy atom. The Morgan fingerprint density at radius 2 is 2.12 bits per heavy atom. The fourth-order valence-electron chi connectivity index (χ4n) is 1.44. The molecule has 5 nitrogen and oxygen atoms in total. The number of carbonyl (C=O) groups is 2. The van der Waals surface area contributed by atoms with Crippen molar-refractivity contribution in [2.75, 3.05) is 6.61 Å². The Balaban J connectivity index is 2.05. The number of rotatable bonds is 2. The van der Waals surface area contributed by atoms with Crippen molar-refractivity contribution in [2.24, 2.45) is 0 Å². The largest absolute Gasteiger partial charge is 0.446 e. The second-order valence-corrected chi connectivity index (χ2v) is 3.60. The summed E-state index contributed by atoms with van der Waals surface area (Å²) in [5, 5.41) is 1.20. The molecule has 0 bridgehead atoms. The Bertz CT molecular complexity index is 405. The molecule has 5 heteroatoms. The van der Waals surface area contributed by atoms with Crippen LogP contribution in [0.25, 0.3) is 0 Å². The van der Waals surface area contributed by atoms with E-state index in [9.17, 15) is 9.59 Å². The van der Waals surface area contributed by atoms with E-state index in [1.807, 2.05) is 6.07 Å². The molecule has 1 saturated heterocycles. The van der Waals surface area contributed by atoms with Gasteiger partial charge in [-0.05, 0) is 19.1 Å². The predicted octanol–water partition coefficient (Wildman–Crippen LogP) is 1.17. The van der Waals surface area contributed by atoms with Gasteiger partial charge in [0.25, 0.3) is 5.91 Å². The third-order valence-electron chi connectivity index (χ3n) is 2.34. The third-order valence-corrected chi connectivity index (χ3v) is 2.34. The van der Waals surface area contributed by atoms with Gasteiger partial charge in [0, 0.05) is 5.56 Å². The molecule has 0 saturated carbocycles. The standard InChI is InChI=1S/C11H12N2O3/c1-8-7-16-11(15)13(8)12-10(14)9-5-3-2-4-6-9/h2-6,8H,7H2,1H3,(H,12,14). The van der Waals surface area contributed by atoms with E-state index in [0.29, 0.717) is 12.2 Å². The van der Waals surface area contributed by atoms with Crippen LogP contribution in [0.1, 0.15) is 17.3 Å². The number of nitrogens with zero attached hydrogens (tertiary/aromatic N) is 1. The van der Waals surface area contributed by atoms with Crippen molar-refractivity contribution in [3.05, 3.63) is 35.9 Å². The van der Waals surface area contributed by atoms with Crippen LogP contribution in [0.2, 0.25) is 0 Å². The molecular weight excluding hydrogens is 208 g/mol. The van der Waals surface area contributed by atoms with Crippen molar-refractivity contribution in [3.8, 4) is 0 Å². The summed E-state index contributed by atoms with van der Waals surface area (Å²) in [5.74, 6) is -0.314. The van der Waals surface area contributed by atoms with E-state index in [2.05, 4.69) is 5.43 Å². The minimum absolute atomic E-state index is 0.139. The summed E-state index contributed by atoms with van der Waals surface area (Å²) in [7, 11) is 0. The van der Waals surface area contributed by atoms with Gasteiger partial charge in [-0.1, -0.05) is 18.2 Å². The van der Waals surface area contributed by atoms with Crippen LogP contribution in [-0.4, -0.2) is 29.7 Å². The summed E-state index contributed by atoms with van der Waals surface area (Å²) >= 11 is 0. The lowest BCUT2D eigenvalue weighted by molar-refractivity contribution is 0.0804. The summed E-state index contributed by atoms with van der Waals surface area (Å²) in [5.41, 5.74) is 3.02. The molecule has 84 valence electrons. The van der Waals surface area contributed by atoms with Gasteiger partial charge in [-0.25, -0.2) is 9.80 Å². The van der Waals surface area contributed by atoms with E-state index >= 15 is 0 Å². The van der Waals surface area contributed by atoms with E-state index < -0.39 is 6.09 Å². The first-order valence-corrected chi connectivity index (χ1v) is 5.00. The normalized spacial score (nSPS) is 19.4. The summed E-state index contributed by atoms with van der Waals surface area (Å²) < 4.78 is 4.79. The van der Waals surface area contributed by atoms with Gasteiger partial charge < -0.3 is 4.74 Å². The van der Waals surface area contributed by atoms with Gasteiger partial charge in [0.2, 0.25) is 0 Å². The zero-order valence-corrected chi connectivity index (χ0v) is 8.84. The molecule has 1 aliphatic rings. The van der Waals surface area contributed by atoms with E-state index in [-0.39, 0.29) is 11.9 Å². The summed E-state index contributed by atoms with van der Waals surface area (Å²) in [6, 6.07) is 8.58. The maximum atomic E-state index is 11.7. The van der Waals surface area contributed by atoms with Crippen LogP contribution in [-0.2, 0) is 4.74 Å². The number of benzene rings is 1. The molecule has 1 atom stereocenters. The summed E-state index contributed by atoms with van der Waals surface area (Å²) in [6.07, 6.45) is -0.517. The highest BCUT2D eigenvalue weighted by molar-refractivity contribution is 5.95. The molecule has 2 amide bonds. The Morgan fingerprint density at radius 1 is 1.44 bits per heavy atom. The van der Waals surface area contributed by atoms with Gasteiger partial charge >= 0.3 is 6.09 Å². The monoisotopic (exact) mass is 220 g/mol. The Hall–Kier alpha value is -2.04. The van der Waals surface area contributed by atoms with E-state index in [1.165, 1.54) is 5.01 Å². The lowest BCUT2D eigenvalue weighted by Gasteiger charge is -2.18. The van der Waals surface area contributed by atoms with Crippen LogP contribution >= 0.6 is 0 Å². The molecular formula is C11H12N2O3. The number of nitrogens with one attached hydrogen (secondary N) is 1. The quantitative estimate of drug-likeness (QED) is 0.814. The van der Waals surface area contributed by atoms with Gasteiger partial charge in [0.15, 0.2) is 0 Å². The molecule has 1 N–H and O–H groups in total. The van der Waals surface area contributed by atoms with Crippen LogP contribution in [0.4, 0.5) is 4.79 Å². The second kappa shape index (κ2) is 4.22. The topological polar surface area (TPSA) is 58.6 Å². The average molecular weight is 220 g/mol. The number of carbonyl (C=O) groups excluding carboxylic acids is 2. The SMILES string of the molecule is CC1COC(=O)N1NC(=O)c1ccccc1. The molecule has 2 rings (SSSR count). The number of ether oxygens (including phenoxy) is 1. The highest BCUT2D eigenvalue weighted by atomic mass is 16.6. The Kier molecular flexibility index (Phi) is 2.76. The van der Waals surface area contributed by atoms with Crippen molar-refractivity contribution in [1.82, 2.24) is 10.4 Å². The molecule has 0 aliphatic carbocycles. The smallest absolute Gasteiger partial charge is 0.429 e. The molecule has 0 radical (unpaired) electrons. The number of hydrazine groups is 1. The maximum Gasteiger partial charge on any atom is 0.429 e. The highest BCUT2D eigenvalue weighted by Gasteiger charge is 2.31. The highest BCUT2D eigenvalue weighted by Crippen LogP contribution is 2.09. The molecule has 0 aromatic heterocycles. The molecule has 1 heterocycles. The van der Waals surface area contributed by atoms with Gasteiger partial charge in [0.05, 0.1) is 6.04 Å². The molecule has 0 spiro atoms. The van der Waals surface area contributed by atoms with Crippen LogP contribution in [0.5, 0.6) is 0 Å². The van der Waals surface area contributed by atoms with Gasteiger partial charge in [0.1, 0.15) is 6.61 Å². The molecule has 1 aromatic carbocycles. The van der Waals surface area contributed by atoms with Crippen molar-refractivity contribution >= 4 is 12.0 Å². The minimum atomic E-state index is -0.517. The van der Waals surface area contributed by atoms with Gasteiger partial charge in [-0.15, -0.1) is 0 Å². The van der Waals surface area contributed by atoms with E-state index in [0.717, 1.165) is 0 Å². The maximum absolute atomic E-state index is 11.7. The minimum Gasteiger partial charge on any atom is -0.446 e. The third kappa shape index (κ3) is 1.98. The van der Waals surface area contributed by atoms with Crippen LogP contribution in [0.3, 0.4) is 0 Å². The molecule has 16 heavy (non-hydrogen) atoms. The number of cyclic esters (lactones) is 1. The number of hydrogen-bond acceptors (Lipinski definition) is 3. The van der Waals surface area contributed by atoms with Gasteiger partial charge in [-0.3, -0.25) is 10.2 Å². The van der Waals surface area contributed by atoms with Crippen LogP contribution < -0.4 is 5.43 Å². The Labute approximate surface area is 93.0 Å². The molecule has 1 aromatic rings. The molecule has 1 fully saturated rings. The van der Waals surface area contributed by atoms with Crippen LogP contribution in [0.15, 0.2) is 30.3 Å². The zero-order valence-electron chi connectivity index (χ0n) is 8.84. The number of hydrogen-bond donors (Lipinski definition) is 1. The van der Waals surface area contributed by atoms with Crippen molar-refractivity contribution < 1.29 is 14.3 Å². The van der Waals surface area contributed by atoms with Crippen molar-refractivity contribution in [2.45, 2.75) is 13.0 Å². The predicted molar refractivity (Wildman–Crippen MR) is 56.6 cm³/mol. The zero-order chi connectivity index (χ0) is 11.5. The van der Waals surface area contributed by atoms with E-state index in [1.54, 1.807) is 31.2 Å². The summed E-state index contributed by atoms with van der Waals surface area (Å²) in [4.78, 5) is 23.0. The first-order valence-electron chi connectivity index (χ1n) is 5.00. The number of amides is 2. The fraction of sp³-hybridized carbons (Fsp3) is 0.273. The first-order chi connectivity index (χ1) is 7.68. The lowest BCUT2D eigenvalue weighted by atomic mass is 10.2. The fourth-order valence-corrected chi connectivity index (χ4v) is 1.44. The molecule has 1 unspecified atom stereocenters. The van der Waals surface area contributed by atoms with Crippen molar-refractivity contribution in [3.63, 3.8) is 0 Å². The lowest BCUT2D eigenvalue weighted by Crippen LogP contribution is -2.46. The summed E-state index contributed by atoms with van der Waals surface area (Å²) in [6.45, 7) is 2.10. The second-order valence-electron chi connectivity index (χ2n) is 3.60. The van der Waals surface area contributed by atoms with E-state index in [4.69, 9.17) is 4.74 Å². The van der Waals surface area contributed by atoms with Gasteiger partial charge in [-0.2, -0.15) is 0 Å². The first kappa shape index (κ1) is 10.5.